The zero-order valence-corrected chi connectivity index (χ0v) is 13.6. The van der Waals surface area contributed by atoms with Crippen molar-refractivity contribution < 1.29 is 13.2 Å². The van der Waals surface area contributed by atoms with Gasteiger partial charge in [0.05, 0.1) is 5.75 Å². The molecule has 1 atom stereocenters. The second-order valence-corrected chi connectivity index (χ2v) is 8.07. The van der Waals surface area contributed by atoms with Crippen LogP contribution in [0.1, 0.15) is 45.4 Å². The van der Waals surface area contributed by atoms with E-state index in [0.29, 0.717) is 19.5 Å². The summed E-state index contributed by atoms with van der Waals surface area (Å²) in [7, 11) is -3.09. The first-order valence-corrected chi connectivity index (χ1v) is 9.57. The van der Waals surface area contributed by atoms with E-state index < -0.39 is 10.0 Å². The molecule has 0 unspecified atom stereocenters. The van der Waals surface area contributed by atoms with Crippen molar-refractivity contribution in [3.05, 3.63) is 12.2 Å². The molecular formula is C15H26N2O3S. The minimum absolute atomic E-state index is 0.0943. The van der Waals surface area contributed by atoms with E-state index in [-0.39, 0.29) is 23.6 Å². The topological polar surface area (TPSA) is 66.5 Å². The van der Waals surface area contributed by atoms with E-state index in [1.54, 1.807) is 4.31 Å². The summed E-state index contributed by atoms with van der Waals surface area (Å²) in [5.74, 6) is 0.449. The van der Waals surface area contributed by atoms with Crippen molar-refractivity contribution in [2.45, 2.75) is 51.5 Å². The molecule has 1 heterocycles. The Labute approximate surface area is 127 Å². The highest BCUT2D eigenvalue weighted by atomic mass is 32.2. The fourth-order valence-electron chi connectivity index (χ4n) is 3.02. The normalized spacial score (nSPS) is 24.9. The van der Waals surface area contributed by atoms with Crippen molar-refractivity contribution in [1.82, 2.24) is 9.62 Å². The van der Waals surface area contributed by atoms with Gasteiger partial charge in [0.25, 0.3) is 0 Å². The predicted octanol–water partition coefficient (Wildman–Crippen LogP) is 1.66. The summed E-state index contributed by atoms with van der Waals surface area (Å²) in [5, 5.41) is 3.10. The number of carbonyl (C=O) groups excluding carboxylic acids is 1. The molecule has 1 N–H and O–H groups in total. The largest absolute Gasteiger partial charge is 0.353 e. The van der Waals surface area contributed by atoms with Crippen molar-refractivity contribution in [1.29, 1.82) is 0 Å². The second kappa shape index (κ2) is 7.40. The molecule has 1 aliphatic heterocycles. The molecule has 2 rings (SSSR count). The lowest BCUT2D eigenvalue weighted by Gasteiger charge is -2.32. The van der Waals surface area contributed by atoms with Crippen LogP contribution in [0.3, 0.4) is 0 Å². The lowest BCUT2D eigenvalue weighted by atomic mass is 9.93. The summed E-state index contributed by atoms with van der Waals surface area (Å²) < 4.78 is 25.6. The molecule has 2 aliphatic rings. The number of hydrogen-bond donors (Lipinski definition) is 1. The first-order chi connectivity index (χ1) is 10.0. The van der Waals surface area contributed by atoms with Crippen molar-refractivity contribution in [2.75, 3.05) is 18.8 Å². The van der Waals surface area contributed by atoms with E-state index in [9.17, 15) is 13.2 Å². The Morgan fingerprint density at radius 3 is 2.52 bits per heavy atom. The van der Waals surface area contributed by atoms with E-state index in [2.05, 4.69) is 17.5 Å². The second-order valence-electron chi connectivity index (χ2n) is 5.98. The molecule has 21 heavy (non-hydrogen) atoms. The minimum atomic E-state index is -3.09. The number of allylic oxidation sites excluding steroid dienone is 2. The van der Waals surface area contributed by atoms with Crippen LogP contribution in [0, 0.1) is 5.92 Å². The average molecular weight is 314 g/mol. The molecule has 0 saturated carbocycles. The van der Waals surface area contributed by atoms with Gasteiger partial charge in [0.1, 0.15) is 0 Å². The third-order valence-electron chi connectivity index (χ3n) is 4.30. The van der Waals surface area contributed by atoms with Gasteiger partial charge in [-0.15, -0.1) is 0 Å². The fraction of sp³-hybridized carbons (Fsp3) is 0.800. The molecule has 0 aromatic heterocycles. The Morgan fingerprint density at radius 2 is 1.95 bits per heavy atom. The first-order valence-electron chi connectivity index (χ1n) is 7.96. The van der Waals surface area contributed by atoms with Gasteiger partial charge in [-0.1, -0.05) is 19.1 Å². The molecule has 0 aromatic carbocycles. The van der Waals surface area contributed by atoms with E-state index >= 15 is 0 Å². The summed E-state index contributed by atoms with van der Waals surface area (Å²) in [6, 6.07) is 0.122. The molecular weight excluding hydrogens is 288 g/mol. The van der Waals surface area contributed by atoms with Crippen LogP contribution in [0.2, 0.25) is 0 Å². The van der Waals surface area contributed by atoms with Crippen LogP contribution < -0.4 is 5.32 Å². The van der Waals surface area contributed by atoms with Gasteiger partial charge in [0.2, 0.25) is 15.9 Å². The molecule has 6 heteroatoms. The van der Waals surface area contributed by atoms with Crippen molar-refractivity contribution >= 4 is 15.9 Å². The van der Waals surface area contributed by atoms with Gasteiger partial charge in [0, 0.05) is 25.0 Å². The van der Waals surface area contributed by atoms with E-state index in [4.69, 9.17) is 0 Å². The summed E-state index contributed by atoms with van der Waals surface area (Å²) in [5.41, 5.74) is 0. The SMILES string of the molecule is CCCS(=O)(=O)N1CCC(NC(=O)[C@@H]2CC=CCC2)CC1. The van der Waals surface area contributed by atoms with Crippen LogP contribution in [0.4, 0.5) is 0 Å². The molecule has 0 radical (unpaired) electrons. The molecule has 120 valence electrons. The van der Waals surface area contributed by atoms with E-state index in [1.807, 2.05) is 6.92 Å². The van der Waals surface area contributed by atoms with Crippen molar-refractivity contribution in [2.24, 2.45) is 5.92 Å². The molecule has 1 amide bonds. The number of nitrogens with one attached hydrogen (secondary N) is 1. The van der Waals surface area contributed by atoms with Gasteiger partial charge in [0.15, 0.2) is 0 Å². The summed E-state index contributed by atoms with van der Waals surface area (Å²) in [6.07, 6.45) is 9.02. The van der Waals surface area contributed by atoms with Gasteiger partial charge in [-0.3, -0.25) is 4.79 Å². The fourth-order valence-corrected chi connectivity index (χ4v) is 4.56. The van der Waals surface area contributed by atoms with Gasteiger partial charge < -0.3 is 5.32 Å². The number of piperidine rings is 1. The highest BCUT2D eigenvalue weighted by Gasteiger charge is 2.29. The van der Waals surface area contributed by atoms with E-state index in [0.717, 1.165) is 32.1 Å². The molecule has 1 fully saturated rings. The highest BCUT2D eigenvalue weighted by molar-refractivity contribution is 7.89. The third-order valence-corrected chi connectivity index (χ3v) is 6.37. The van der Waals surface area contributed by atoms with Crippen LogP contribution in [0.15, 0.2) is 12.2 Å². The lowest BCUT2D eigenvalue weighted by molar-refractivity contribution is -0.126. The number of amides is 1. The highest BCUT2D eigenvalue weighted by Crippen LogP contribution is 2.20. The van der Waals surface area contributed by atoms with Gasteiger partial charge in [-0.2, -0.15) is 0 Å². The maximum Gasteiger partial charge on any atom is 0.223 e. The molecule has 0 aromatic rings. The molecule has 1 saturated heterocycles. The Hall–Kier alpha value is -0.880. The summed E-state index contributed by atoms with van der Waals surface area (Å²) >= 11 is 0. The number of rotatable bonds is 5. The smallest absolute Gasteiger partial charge is 0.223 e. The van der Waals surface area contributed by atoms with Crippen LogP contribution in [0.25, 0.3) is 0 Å². The zero-order chi connectivity index (χ0) is 15.3. The van der Waals surface area contributed by atoms with E-state index in [1.165, 1.54) is 0 Å². The van der Waals surface area contributed by atoms with Crippen molar-refractivity contribution in [3.63, 3.8) is 0 Å². The lowest BCUT2D eigenvalue weighted by Crippen LogP contribution is -2.48. The van der Waals surface area contributed by atoms with Gasteiger partial charge in [-0.05, 0) is 38.5 Å². The van der Waals surface area contributed by atoms with Crippen molar-refractivity contribution in [3.8, 4) is 0 Å². The standard InChI is InChI=1S/C15H26N2O3S/c1-2-12-21(19,20)17-10-8-14(9-11-17)16-15(18)13-6-4-3-5-7-13/h3-4,13-14H,2,5-12H2,1H3,(H,16,18)/t13-/m1/s1. The van der Waals surface area contributed by atoms with Crippen LogP contribution >= 0.6 is 0 Å². The predicted molar refractivity (Wildman–Crippen MR) is 83.3 cm³/mol. The molecule has 5 nitrogen and oxygen atoms in total. The van der Waals surface area contributed by atoms with Crippen LogP contribution in [-0.2, 0) is 14.8 Å². The summed E-state index contributed by atoms with van der Waals surface area (Å²) in [4.78, 5) is 12.2. The van der Waals surface area contributed by atoms with Crippen LogP contribution in [-0.4, -0.2) is 43.5 Å². The number of hydrogen-bond acceptors (Lipinski definition) is 3. The molecule has 0 bridgehead atoms. The molecule has 0 spiro atoms. The summed E-state index contributed by atoms with van der Waals surface area (Å²) in [6.45, 7) is 2.93. The number of carbonyl (C=O) groups is 1. The number of nitrogens with zero attached hydrogens (tertiary/aromatic N) is 1. The maximum atomic E-state index is 12.2. The number of sulfonamides is 1. The average Bonchev–Trinajstić information content (AvgIpc) is 2.48. The Bertz CT molecular complexity index is 479. The quantitative estimate of drug-likeness (QED) is 0.785. The Balaban J connectivity index is 1.79. The maximum absolute atomic E-state index is 12.2. The minimum Gasteiger partial charge on any atom is -0.353 e. The first kappa shape index (κ1) is 16.5. The molecule has 1 aliphatic carbocycles. The van der Waals surface area contributed by atoms with Crippen LogP contribution in [0.5, 0.6) is 0 Å². The van der Waals surface area contributed by atoms with Gasteiger partial charge >= 0.3 is 0 Å². The monoisotopic (exact) mass is 314 g/mol. The third kappa shape index (κ3) is 4.54. The van der Waals surface area contributed by atoms with Gasteiger partial charge in [-0.25, -0.2) is 12.7 Å². The Kier molecular flexibility index (Phi) is 5.81. The Morgan fingerprint density at radius 1 is 1.24 bits per heavy atom. The zero-order valence-electron chi connectivity index (χ0n) is 12.8.